The van der Waals surface area contributed by atoms with E-state index in [0.29, 0.717) is 11.8 Å². The van der Waals surface area contributed by atoms with E-state index in [0.717, 1.165) is 56.9 Å². The molecule has 204 valence electrons. The van der Waals surface area contributed by atoms with Gasteiger partial charge in [-0.1, -0.05) is 33.3 Å². The molecule has 0 saturated heterocycles. The topological polar surface area (TPSA) is 110 Å². The summed E-state index contributed by atoms with van der Waals surface area (Å²) in [4.78, 5) is 34.9. The molecule has 3 rings (SSSR count). The minimum Gasteiger partial charge on any atom is -0.481 e. The maximum Gasteiger partial charge on any atom is 0.330 e. The average molecular weight is 507 g/mol. The molecule has 3 aliphatic rings. The molecule has 0 aromatic heterocycles. The van der Waals surface area contributed by atoms with Crippen molar-refractivity contribution < 1.29 is 34.1 Å². The number of ether oxygens (including phenoxy) is 2. The molecule has 0 radical (unpaired) electrons. The highest BCUT2D eigenvalue weighted by molar-refractivity contribution is 5.90. The molecule has 0 unspecified atom stereocenters. The lowest BCUT2D eigenvalue weighted by molar-refractivity contribution is -0.231. The van der Waals surface area contributed by atoms with E-state index >= 15 is 0 Å². The fourth-order valence-corrected chi connectivity index (χ4v) is 8.84. The van der Waals surface area contributed by atoms with Gasteiger partial charge in [0.25, 0.3) is 0 Å². The molecule has 3 saturated carbocycles. The van der Waals surface area contributed by atoms with Crippen molar-refractivity contribution in [2.45, 2.75) is 111 Å². The summed E-state index contributed by atoms with van der Waals surface area (Å²) < 4.78 is 10.5. The van der Waals surface area contributed by atoms with Gasteiger partial charge >= 0.3 is 17.9 Å². The molecule has 3 fully saturated rings. The minimum atomic E-state index is -1.16. The third-order valence-electron chi connectivity index (χ3n) is 10.5. The van der Waals surface area contributed by atoms with Gasteiger partial charge < -0.3 is 19.7 Å². The third kappa shape index (κ3) is 5.23. The first-order chi connectivity index (χ1) is 16.6. The second-order valence-electron chi connectivity index (χ2n) is 13.1. The fourth-order valence-electron chi connectivity index (χ4n) is 8.84. The Morgan fingerprint density at radius 2 is 1.56 bits per heavy atom. The van der Waals surface area contributed by atoms with Gasteiger partial charge in [-0.15, -0.1) is 0 Å². The number of carboxylic acids is 1. The number of carbonyl (C=O) groups excluding carboxylic acids is 2. The third-order valence-corrected chi connectivity index (χ3v) is 10.5. The Bertz CT molecular complexity index is 903. The number of carbonyl (C=O) groups is 3. The van der Waals surface area contributed by atoms with Crippen LogP contribution in [0.15, 0.2) is 11.6 Å². The van der Waals surface area contributed by atoms with E-state index in [1.54, 1.807) is 6.08 Å². The standard InChI is InChI=1S/C29H46O7/c1-18(16-24(32)35-7)8-9-21-28(5)13-10-19-26(2,3)22(36-25(33)17-23(30)31)12-14-27(19,4)20(28)11-15-29(21,6)34/h16,19-22,34H,8-15,17H2,1-7H3,(H,30,31)/b18-16-/t19-,20+,21-,22+,27-,28+,29-/m0/s1. The maximum absolute atomic E-state index is 12.2. The molecular weight excluding hydrogens is 460 g/mol. The Morgan fingerprint density at radius 1 is 0.944 bits per heavy atom. The molecule has 0 amide bonds. The van der Waals surface area contributed by atoms with Crippen LogP contribution in [0.25, 0.3) is 0 Å². The van der Waals surface area contributed by atoms with E-state index in [-0.39, 0.29) is 34.2 Å². The van der Waals surface area contributed by atoms with Crippen molar-refractivity contribution in [2.24, 2.45) is 34.0 Å². The molecule has 7 atom stereocenters. The normalized spacial score (nSPS) is 39.9. The van der Waals surface area contributed by atoms with Gasteiger partial charge in [-0.05, 0) is 93.8 Å². The highest BCUT2D eigenvalue weighted by Crippen LogP contribution is 2.70. The van der Waals surface area contributed by atoms with E-state index in [1.165, 1.54) is 7.11 Å². The summed E-state index contributed by atoms with van der Waals surface area (Å²) in [6, 6.07) is 0. The molecule has 7 nitrogen and oxygen atoms in total. The first kappa shape index (κ1) is 28.7. The van der Waals surface area contributed by atoms with Crippen molar-refractivity contribution in [3.05, 3.63) is 11.6 Å². The highest BCUT2D eigenvalue weighted by atomic mass is 16.5. The van der Waals surface area contributed by atoms with Gasteiger partial charge in [0, 0.05) is 11.5 Å². The molecule has 0 spiro atoms. The Hall–Kier alpha value is -1.89. The predicted octanol–water partition coefficient (Wildman–Crippen LogP) is 5.29. The van der Waals surface area contributed by atoms with Crippen LogP contribution in [0.5, 0.6) is 0 Å². The van der Waals surface area contributed by atoms with Crippen LogP contribution < -0.4 is 0 Å². The molecule has 0 aromatic carbocycles. The van der Waals surface area contributed by atoms with E-state index in [1.807, 2.05) is 13.8 Å². The number of hydrogen-bond donors (Lipinski definition) is 2. The Labute approximate surface area is 216 Å². The zero-order valence-electron chi connectivity index (χ0n) is 23.2. The van der Waals surface area contributed by atoms with Crippen molar-refractivity contribution in [2.75, 3.05) is 7.11 Å². The van der Waals surface area contributed by atoms with Crippen LogP contribution in [0.1, 0.15) is 99.3 Å². The van der Waals surface area contributed by atoms with Gasteiger partial charge in [0.05, 0.1) is 12.7 Å². The summed E-state index contributed by atoms with van der Waals surface area (Å²) in [7, 11) is 1.38. The lowest BCUT2D eigenvalue weighted by atomic mass is 9.37. The SMILES string of the molecule is COC(=O)/C=C(/C)CC[C@H]1[C@]2(C)CC[C@H]3C(C)(C)[C@H](OC(=O)CC(=O)O)CC[C@]3(C)[C@H]2CC[C@]1(C)O. The smallest absolute Gasteiger partial charge is 0.330 e. The first-order valence-corrected chi connectivity index (χ1v) is 13.5. The second kappa shape index (κ2) is 10.1. The lowest BCUT2D eigenvalue weighted by Gasteiger charge is -2.68. The van der Waals surface area contributed by atoms with Crippen LogP contribution in [0.3, 0.4) is 0 Å². The Morgan fingerprint density at radius 3 is 2.17 bits per heavy atom. The number of allylic oxidation sites excluding steroid dienone is 1. The van der Waals surface area contributed by atoms with Crippen LogP contribution in [0, 0.1) is 34.0 Å². The quantitative estimate of drug-likeness (QED) is 0.274. The summed E-state index contributed by atoms with van der Waals surface area (Å²) in [5, 5.41) is 20.5. The second-order valence-corrected chi connectivity index (χ2v) is 13.1. The molecule has 7 heteroatoms. The summed E-state index contributed by atoms with van der Waals surface area (Å²) in [5.74, 6) is -1.30. The van der Waals surface area contributed by atoms with E-state index in [4.69, 9.17) is 14.6 Å². The number of aliphatic hydroxyl groups is 1. The van der Waals surface area contributed by atoms with Crippen LogP contribution in [-0.4, -0.2) is 46.9 Å². The number of esters is 2. The molecule has 0 bridgehead atoms. The largest absolute Gasteiger partial charge is 0.481 e. The number of aliphatic carboxylic acids is 1. The van der Waals surface area contributed by atoms with Crippen LogP contribution in [0.2, 0.25) is 0 Å². The van der Waals surface area contributed by atoms with Crippen molar-refractivity contribution in [3.8, 4) is 0 Å². The van der Waals surface area contributed by atoms with Crippen molar-refractivity contribution in [3.63, 3.8) is 0 Å². The highest BCUT2D eigenvalue weighted by Gasteiger charge is 2.65. The molecule has 2 N–H and O–H groups in total. The van der Waals surface area contributed by atoms with Gasteiger partial charge in [0.1, 0.15) is 12.5 Å². The summed E-state index contributed by atoms with van der Waals surface area (Å²) >= 11 is 0. The Kier molecular flexibility index (Phi) is 8.05. The van der Waals surface area contributed by atoms with Gasteiger partial charge in [0.15, 0.2) is 0 Å². The Balaban J connectivity index is 1.85. The van der Waals surface area contributed by atoms with Crippen molar-refractivity contribution >= 4 is 17.9 Å². The van der Waals surface area contributed by atoms with E-state index in [2.05, 4.69) is 27.7 Å². The zero-order valence-corrected chi connectivity index (χ0v) is 23.2. The summed E-state index contributed by atoms with van der Waals surface area (Å²) in [6.07, 6.45) is 7.53. The molecular formula is C29H46O7. The van der Waals surface area contributed by atoms with Gasteiger partial charge in [-0.2, -0.15) is 0 Å². The van der Waals surface area contributed by atoms with E-state index < -0.39 is 24.0 Å². The van der Waals surface area contributed by atoms with Crippen molar-refractivity contribution in [1.29, 1.82) is 0 Å². The van der Waals surface area contributed by atoms with Crippen LogP contribution in [-0.2, 0) is 23.9 Å². The minimum absolute atomic E-state index is 0.0395. The van der Waals surface area contributed by atoms with E-state index in [9.17, 15) is 19.5 Å². The predicted molar refractivity (Wildman–Crippen MR) is 136 cm³/mol. The first-order valence-electron chi connectivity index (χ1n) is 13.5. The number of hydrogen-bond acceptors (Lipinski definition) is 6. The molecule has 0 aromatic rings. The number of carboxylic acid groups (broad SMARTS) is 1. The number of fused-ring (bicyclic) bond motifs is 3. The van der Waals surface area contributed by atoms with Crippen LogP contribution >= 0.6 is 0 Å². The van der Waals surface area contributed by atoms with Gasteiger partial charge in [-0.3, -0.25) is 9.59 Å². The monoisotopic (exact) mass is 506 g/mol. The van der Waals surface area contributed by atoms with Crippen molar-refractivity contribution in [1.82, 2.24) is 0 Å². The molecule has 3 aliphatic carbocycles. The number of rotatable bonds is 7. The van der Waals surface area contributed by atoms with Crippen LogP contribution in [0.4, 0.5) is 0 Å². The van der Waals surface area contributed by atoms with Gasteiger partial charge in [-0.25, -0.2) is 4.79 Å². The maximum atomic E-state index is 12.2. The molecule has 36 heavy (non-hydrogen) atoms. The zero-order chi connectivity index (χ0) is 27.1. The number of methoxy groups -OCH3 is 1. The molecule has 0 heterocycles. The molecule has 0 aliphatic heterocycles. The lowest BCUT2D eigenvalue weighted by Crippen LogP contribution is -2.64. The average Bonchev–Trinajstić information content (AvgIpc) is 2.73. The van der Waals surface area contributed by atoms with Gasteiger partial charge in [0.2, 0.25) is 0 Å². The summed E-state index contributed by atoms with van der Waals surface area (Å²) in [6.45, 7) is 13.0. The summed E-state index contributed by atoms with van der Waals surface area (Å²) in [5.41, 5.74) is -0.0658. The fraction of sp³-hybridized carbons (Fsp3) is 0.828.